The second-order valence-electron chi connectivity index (χ2n) is 7.89. The molecule has 1 N–H and O–H groups in total. The Hall–Kier alpha value is -2.81. The van der Waals surface area contributed by atoms with Crippen LogP contribution in [-0.4, -0.2) is 48.9 Å². The fourth-order valence-corrected chi connectivity index (χ4v) is 5.47. The van der Waals surface area contributed by atoms with Crippen molar-refractivity contribution in [3.05, 3.63) is 65.9 Å². The summed E-state index contributed by atoms with van der Waals surface area (Å²) in [5.41, 5.74) is 2.55. The molecule has 4 rings (SSSR count). The number of benzene rings is 2. The highest BCUT2D eigenvalue weighted by atomic mass is 32.2. The van der Waals surface area contributed by atoms with E-state index in [4.69, 9.17) is 4.74 Å². The van der Waals surface area contributed by atoms with E-state index in [2.05, 4.69) is 10.3 Å². The van der Waals surface area contributed by atoms with Gasteiger partial charge in [-0.15, -0.1) is 0 Å². The second-order valence-corrected chi connectivity index (χ2v) is 9.82. The van der Waals surface area contributed by atoms with E-state index >= 15 is 0 Å². The fraction of sp³-hybridized carbons (Fsp3) is 0.304. The molecule has 162 valence electrons. The molecule has 2 heterocycles. The summed E-state index contributed by atoms with van der Waals surface area (Å²) in [6.07, 6.45) is -0.313. The smallest absolute Gasteiger partial charge is 0.256 e. The Kier molecular flexibility index (Phi) is 5.79. The summed E-state index contributed by atoms with van der Waals surface area (Å²) >= 11 is 0. The molecule has 1 aliphatic rings. The van der Waals surface area contributed by atoms with Crippen LogP contribution in [0.25, 0.3) is 10.9 Å². The number of nitrogens with zero attached hydrogens (tertiary/aromatic N) is 2. The lowest BCUT2D eigenvalue weighted by Crippen LogP contribution is -2.48. The van der Waals surface area contributed by atoms with Crippen molar-refractivity contribution in [1.82, 2.24) is 9.29 Å². The topological polar surface area (TPSA) is 88.6 Å². The van der Waals surface area contributed by atoms with E-state index in [1.807, 2.05) is 45.0 Å². The third-order valence-electron chi connectivity index (χ3n) is 5.22. The molecule has 1 saturated heterocycles. The SMILES string of the molecule is Cc1cc(C(=O)Nc2ccc(S(=O)(=O)N3C[C@@H](C)O[C@@H](C)C3)cc2)c2ccccc2n1. The molecule has 0 unspecified atom stereocenters. The van der Waals surface area contributed by atoms with Gasteiger partial charge in [0.2, 0.25) is 10.0 Å². The molecule has 1 aromatic heterocycles. The van der Waals surface area contributed by atoms with Gasteiger partial charge >= 0.3 is 0 Å². The van der Waals surface area contributed by atoms with Crippen LogP contribution in [0.4, 0.5) is 5.69 Å². The summed E-state index contributed by atoms with van der Waals surface area (Å²) in [5, 5.41) is 3.62. The highest BCUT2D eigenvalue weighted by Gasteiger charge is 2.32. The summed E-state index contributed by atoms with van der Waals surface area (Å²) in [6, 6.07) is 15.5. The molecule has 7 nitrogen and oxygen atoms in total. The third kappa shape index (κ3) is 4.46. The lowest BCUT2D eigenvalue weighted by Gasteiger charge is -2.34. The minimum Gasteiger partial charge on any atom is -0.373 e. The Morgan fingerprint density at radius 3 is 2.39 bits per heavy atom. The van der Waals surface area contributed by atoms with Crippen LogP contribution in [0, 0.1) is 6.92 Å². The number of carbonyl (C=O) groups excluding carboxylic acids is 1. The first-order valence-corrected chi connectivity index (χ1v) is 11.6. The number of morpholine rings is 1. The lowest BCUT2D eigenvalue weighted by molar-refractivity contribution is -0.0440. The number of pyridine rings is 1. The lowest BCUT2D eigenvalue weighted by atomic mass is 10.1. The van der Waals surface area contributed by atoms with Crippen molar-refractivity contribution in [2.24, 2.45) is 0 Å². The molecular weight excluding hydrogens is 414 g/mol. The van der Waals surface area contributed by atoms with E-state index in [9.17, 15) is 13.2 Å². The van der Waals surface area contributed by atoms with Crippen molar-refractivity contribution in [3.8, 4) is 0 Å². The van der Waals surface area contributed by atoms with Gasteiger partial charge in [0.1, 0.15) is 0 Å². The monoisotopic (exact) mass is 439 g/mol. The van der Waals surface area contributed by atoms with Crippen LogP contribution in [0.15, 0.2) is 59.5 Å². The predicted octanol–water partition coefficient (Wildman–Crippen LogP) is 3.59. The zero-order chi connectivity index (χ0) is 22.2. The van der Waals surface area contributed by atoms with Crippen LogP contribution >= 0.6 is 0 Å². The number of para-hydroxylation sites is 1. The molecule has 0 bridgehead atoms. The molecule has 0 saturated carbocycles. The molecule has 3 aromatic rings. The van der Waals surface area contributed by atoms with Gasteiger partial charge in [0.25, 0.3) is 5.91 Å². The first-order chi connectivity index (χ1) is 14.7. The van der Waals surface area contributed by atoms with Crippen molar-refractivity contribution in [2.45, 2.75) is 37.9 Å². The summed E-state index contributed by atoms with van der Waals surface area (Å²) < 4.78 is 33.1. The van der Waals surface area contributed by atoms with Crippen LogP contribution in [0.3, 0.4) is 0 Å². The summed E-state index contributed by atoms with van der Waals surface area (Å²) in [6.45, 7) is 6.21. The van der Waals surface area contributed by atoms with Crippen LogP contribution in [0.5, 0.6) is 0 Å². The Morgan fingerprint density at radius 2 is 1.71 bits per heavy atom. The Labute approximate surface area is 182 Å². The Morgan fingerprint density at radius 1 is 1.06 bits per heavy atom. The largest absolute Gasteiger partial charge is 0.373 e. The molecule has 1 amide bonds. The second kappa shape index (κ2) is 8.37. The van der Waals surface area contributed by atoms with Crippen LogP contribution in [-0.2, 0) is 14.8 Å². The molecule has 2 atom stereocenters. The average Bonchev–Trinajstić information content (AvgIpc) is 2.72. The minimum atomic E-state index is -3.63. The number of ether oxygens (including phenoxy) is 1. The molecule has 1 aliphatic heterocycles. The molecule has 1 fully saturated rings. The van der Waals surface area contributed by atoms with Gasteiger partial charge in [0, 0.05) is 29.9 Å². The molecule has 0 spiro atoms. The Bertz CT molecular complexity index is 1220. The fourth-order valence-electron chi connectivity index (χ4n) is 3.88. The minimum absolute atomic E-state index is 0.157. The number of nitrogens with one attached hydrogen (secondary N) is 1. The number of hydrogen-bond donors (Lipinski definition) is 1. The van der Waals surface area contributed by atoms with E-state index in [-0.39, 0.29) is 23.0 Å². The van der Waals surface area contributed by atoms with Gasteiger partial charge in [-0.2, -0.15) is 4.31 Å². The van der Waals surface area contributed by atoms with Gasteiger partial charge < -0.3 is 10.1 Å². The number of rotatable bonds is 4. The van der Waals surface area contributed by atoms with E-state index in [1.165, 1.54) is 16.4 Å². The van der Waals surface area contributed by atoms with E-state index in [0.29, 0.717) is 24.3 Å². The summed E-state index contributed by atoms with van der Waals surface area (Å²) in [4.78, 5) is 17.6. The zero-order valence-electron chi connectivity index (χ0n) is 17.7. The van der Waals surface area contributed by atoms with Gasteiger partial charge in [-0.3, -0.25) is 9.78 Å². The number of fused-ring (bicyclic) bond motifs is 1. The van der Waals surface area contributed by atoms with Crippen molar-refractivity contribution in [2.75, 3.05) is 18.4 Å². The average molecular weight is 440 g/mol. The van der Waals surface area contributed by atoms with Crippen molar-refractivity contribution >= 4 is 32.5 Å². The maximum Gasteiger partial charge on any atom is 0.256 e. The normalized spacial score (nSPS) is 20.0. The number of aromatic nitrogens is 1. The molecule has 2 aromatic carbocycles. The number of hydrogen-bond acceptors (Lipinski definition) is 5. The van der Waals surface area contributed by atoms with E-state index in [0.717, 1.165) is 16.6 Å². The maximum absolute atomic E-state index is 13.0. The molecule has 0 radical (unpaired) electrons. The zero-order valence-corrected chi connectivity index (χ0v) is 18.5. The first-order valence-electron chi connectivity index (χ1n) is 10.2. The maximum atomic E-state index is 13.0. The summed E-state index contributed by atoms with van der Waals surface area (Å²) in [5.74, 6) is -0.270. The molecule has 31 heavy (non-hydrogen) atoms. The van der Waals surface area contributed by atoms with Gasteiger partial charge in [-0.05, 0) is 57.2 Å². The van der Waals surface area contributed by atoms with E-state index in [1.54, 1.807) is 18.2 Å². The Balaban J connectivity index is 1.55. The van der Waals surface area contributed by atoms with Crippen LogP contribution in [0.1, 0.15) is 29.9 Å². The molecule has 0 aliphatic carbocycles. The quantitative estimate of drug-likeness (QED) is 0.671. The van der Waals surface area contributed by atoms with Crippen molar-refractivity contribution < 1.29 is 17.9 Å². The van der Waals surface area contributed by atoms with Gasteiger partial charge in [0.05, 0.1) is 28.2 Å². The van der Waals surface area contributed by atoms with E-state index < -0.39 is 10.0 Å². The third-order valence-corrected chi connectivity index (χ3v) is 7.07. The summed E-state index contributed by atoms with van der Waals surface area (Å²) in [7, 11) is -3.63. The van der Waals surface area contributed by atoms with Gasteiger partial charge in [0.15, 0.2) is 0 Å². The predicted molar refractivity (Wildman–Crippen MR) is 120 cm³/mol. The number of aryl methyl sites for hydroxylation is 1. The number of amides is 1. The van der Waals surface area contributed by atoms with Crippen molar-refractivity contribution in [1.29, 1.82) is 0 Å². The van der Waals surface area contributed by atoms with Gasteiger partial charge in [-0.25, -0.2) is 8.42 Å². The molecular formula is C23H25N3O4S. The first kappa shape index (κ1) is 21.4. The van der Waals surface area contributed by atoms with Crippen LogP contribution < -0.4 is 5.32 Å². The van der Waals surface area contributed by atoms with Crippen molar-refractivity contribution in [3.63, 3.8) is 0 Å². The van der Waals surface area contributed by atoms with Crippen LogP contribution in [0.2, 0.25) is 0 Å². The highest BCUT2D eigenvalue weighted by molar-refractivity contribution is 7.89. The standard InChI is InChI=1S/C23H25N3O4S/c1-15-12-21(20-6-4-5-7-22(20)24-15)23(27)25-18-8-10-19(11-9-18)31(28,29)26-13-16(2)30-17(3)14-26/h4-12,16-17H,13-14H2,1-3H3,(H,25,27)/t16-,17+. The highest BCUT2D eigenvalue weighted by Crippen LogP contribution is 2.24. The van der Waals surface area contributed by atoms with Gasteiger partial charge in [-0.1, -0.05) is 18.2 Å². The molecule has 8 heteroatoms. The number of carbonyl (C=O) groups is 1. The number of sulfonamides is 1. The number of anilines is 1.